The van der Waals surface area contributed by atoms with Gasteiger partial charge in [0.2, 0.25) is 0 Å². The molecule has 0 N–H and O–H groups in total. The average Bonchev–Trinajstić information content (AvgIpc) is 3.15. The first-order chi connectivity index (χ1) is 11.4. The molecule has 0 aliphatic carbocycles. The minimum atomic E-state index is 0.375. The van der Waals surface area contributed by atoms with E-state index < -0.39 is 0 Å². The molecule has 0 bridgehead atoms. The summed E-state index contributed by atoms with van der Waals surface area (Å²) in [5, 5.41) is 1.01. The van der Waals surface area contributed by atoms with Crippen LogP contribution >= 0.6 is 0 Å². The summed E-state index contributed by atoms with van der Waals surface area (Å²) in [6.45, 7) is 2.55. The van der Waals surface area contributed by atoms with E-state index in [4.69, 9.17) is 4.74 Å². The molecular weight excluding hydrogens is 288 g/mol. The summed E-state index contributed by atoms with van der Waals surface area (Å²) in [6, 6.07) is 14.3. The van der Waals surface area contributed by atoms with Gasteiger partial charge < -0.3 is 9.64 Å². The van der Waals surface area contributed by atoms with Crippen molar-refractivity contribution in [3.63, 3.8) is 0 Å². The van der Waals surface area contributed by atoms with Crippen LogP contribution in [0.3, 0.4) is 0 Å². The van der Waals surface area contributed by atoms with Crippen molar-refractivity contribution >= 4 is 16.7 Å². The van der Waals surface area contributed by atoms with Crippen molar-refractivity contribution < 1.29 is 4.74 Å². The van der Waals surface area contributed by atoms with Crippen LogP contribution < -0.4 is 9.64 Å². The molecule has 23 heavy (non-hydrogen) atoms. The van der Waals surface area contributed by atoms with Gasteiger partial charge in [-0.25, -0.2) is 9.97 Å². The lowest BCUT2D eigenvalue weighted by Gasteiger charge is -2.16. The molecule has 1 fully saturated rings. The van der Waals surface area contributed by atoms with Crippen LogP contribution in [0.15, 0.2) is 48.7 Å². The molecule has 5 heteroatoms. The molecule has 2 aromatic heterocycles. The SMILES string of the molecule is c1cc(COc2ncc3ccccc3n2)nc(N2CCCC2)c1. The second-order valence-electron chi connectivity index (χ2n) is 5.68. The fourth-order valence-corrected chi connectivity index (χ4v) is 2.83. The summed E-state index contributed by atoms with van der Waals surface area (Å²) in [6.07, 6.45) is 4.27. The molecule has 0 spiro atoms. The van der Waals surface area contributed by atoms with Crippen LogP contribution in [0, 0.1) is 0 Å². The van der Waals surface area contributed by atoms with Crippen molar-refractivity contribution in [2.75, 3.05) is 18.0 Å². The van der Waals surface area contributed by atoms with Crippen LogP contribution in [-0.2, 0) is 6.61 Å². The molecule has 116 valence electrons. The van der Waals surface area contributed by atoms with Crippen molar-refractivity contribution in [2.24, 2.45) is 0 Å². The standard InChI is InChI=1S/C18H18N4O/c1-2-8-16-14(6-1)12-19-18(21-16)23-13-15-7-5-9-17(20-15)22-10-3-4-11-22/h1-2,5-9,12H,3-4,10-11,13H2. The highest BCUT2D eigenvalue weighted by Crippen LogP contribution is 2.18. The Kier molecular flexibility index (Phi) is 3.76. The lowest BCUT2D eigenvalue weighted by Crippen LogP contribution is -2.19. The Morgan fingerprint density at radius 2 is 1.83 bits per heavy atom. The van der Waals surface area contributed by atoms with E-state index in [0.29, 0.717) is 12.6 Å². The third kappa shape index (κ3) is 3.08. The van der Waals surface area contributed by atoms with Crippen LogP contribution in [0.5, 0.6) is 6.01 Å². The van der Waals surface area contributed by atoms with E-state index in [9.17, 15) is 0 Å². The number of hydrogen-bond donors (Lipinski definition) is 0. The zero-order valence-electron chi connectivity index (χ0n) is 12.9. The largest absolute Gasteiger partial charge is 0.457 e. The molecule has 1 aromatic carbocycles. The zero-order chi connectivity index (χ0) is 15.5. The number of pyridine rings is 1. The quantitative estimate of drug-likeness (QED) is 0.741. The van der Waals surface area contributed by atoms with Crippen molar-refractivity contribution in [3.8, 4) is 6.01 Å². The summed E-state index contributed by atoms with van der Waals surface area (Å²) in [5.74, 6) is 1.03. The number of ether oxygens (including phenoxy) is 1. The van der Waals surface area contributed by atoms with Gasteiger partial charge in [0.05, 0.1) is 11.2 Å². The van der Waals surface area contributed by atoms with Crippen LogP contribution in [0.1, 0.15) is 18.5 Å². The second kappa shape index (κ2) is 6.20. The predicted octanol–water partition coefficient (Wildman–Crippen LogP) is 3.20. The fourth-order valence-electron chi connectivity index (χ4n) is 2.83. The molecule has 1 aliphatic heterocycles. The van der Waals surface area contributed by atoms with Crippen LogP contribution in [0.4, 0.5) is 5.82 Å². The Hall–Kier alpha value is -2.69. The van der Waals surface area contributed by atoms with Crippen LogP contribution in [0.25, 0.3) is 10.9 Å². The van der Waals surface area contributed by atoms with E-state index >= 15 is 0 Å². The molecule has 1 saturated heterocycles. The van der Waals surface area contributed by atoms with E-state index in [-0.39, 0.29) is 0 Å². The van der Waals surface area contributed by atoms with Gasteiger partial charge in [-0.3, -0.25) is 0 Å². The normalized spacial score (nSPS) is 14.3. The van der Waals surface area contributed by atoms with E-state index in [1.165, 1.54) is 12.8 Å². The highest BCUT2D eigenvalue weighted by atomic mass is 16.5. The third-order valence-electron chi connectivity index (χ3n) is 4.04. The van der Waals surface area contributed by atoms with E-state index in [1.54, 1.807) is 6.20 Å². The Morgan fingerprint density at radius 1 is 0.957 bits per heavy atom. The second-order valence-corrected chi connectivity index (χ2v) is 5.68. The minimum absolute atomic E-state index is 0.375. The summed E-state index contributed by atoms with van der Waals surface area (Å²) < 4.78 is 5.71. The molecule has 5 nitrogen and oxygen atoms in total. The lowest BCUT2D eigenvalue weighted by molar-refractivity contribution is 0.277. The van der Waals surface area contributed by atoms with Gasteiger partial charge in [-0.2, -0.15) is 4.98 Å². The maximum absolute atomic E-state index is 5.71. The molecule has 4 rings (SSSR count). The highest BCUT2D eigenvalue weighted by molar-refractivity contribution is 5.77. The van der Waals surface area contributed by atoms with Gasteiger partial charge in [0, 0.05) is 24.7 Å². The van der Waals surface area contributed by atoms with Gasteiger partial charge in [-0.1, -0.05) is 24.3 Å². The highest BCUT2D eigenvalue weighted by Gasteiger charge is 2.13. The number of para-hydroxylation sites is 1. The van der Waals surface area contributed by atoms with E-state index in [2.05, 4.69) is 25.9 Å². The molecule has 0 unspecified atom stereocenters. The number of aromatic nitrogens is 3. The molecule has 3 heterocycles. The van der Waals surface area contributed by atoms with Crippen molar-refractivity contribution in [1.82, 2.24) is 15.0 Å². The number of benzene rings is 1. The van der Waals surface area contributed by atoms with Gasteiger partial charge in [0.25, 0.3) is 0 Å². The van der Waals surface area contributed by atoms with Gasteiger partial charge in [-0.05, 0) is 31.0 Å². The molecule has 1 aliphatic rings. The summed E-state index contributed by atoms with van der Waals surface area (Å²) in [4.78, 5) is 15.7. The monoisotopic (exact) mass is 306 g/mol. The van der Waals surface area contributed by atoms with Gasteiger partial charge in [0.1, 0.15) is 12.4 Å². The predicted molar refractivity (Wildman–Crippen MR) is 89.6 cm³/mol. The number of nitrogens with zero attached hydrogens (tertiary/aromatic N) is 4. The average molecular weight is 306 g/mol. The first kappa shape index (κ1) is 13.9. The Morgan fingerprint density at radius 3 is 2.74 bits per heavy atom. The summed E-state index contributed by atoms with van der Waals surface area (Å²) >= 11 is 0. The van der Waals surface area contributed by atoms with Crippen molar-refractivity contribution in [2.45, 2.75) is 19.4 Å². The van der Waals surface area contributed by atoms with Crippen molar-refractivity contribution in [3.05, 3.63) is 54.4 Å². The molecule has 3 aromatic rings. The van der Waals surface area contributed by atoms with E-state index in [0.717, 1.165) is 35.5 Å². The molecule has 0 atom stereocenters. The first-order valence-corrected chi connectivity index (χ1v) is 7.94. The molecule has 0 saturated carbocycles. The summed E-state index contributed by atoms with van der Waals surface area (Å²) in [5.41, 5.74) is 1.78. The minimum Gasteiger partial charge on any atom is -0.457 e. The Labute approximate surface area is 135 Å². The molecule has 0 amide bonds. The Balaban J connectivity index is 1.48. The van der Waals surface area contributed by atoms with Crippen LogP contribution in [0.2, 0.25) is 0 Å². The van der Waals surface area contributed by atoms with Gasteiger partial charge >= 0.3 is 6.01 Å². The first-order valence-electron chi connectivity index (χ1n) is 7.94. The maximum atomic E-state index is 5.71. The topological polar surface area (TPSA) is 51.1 Å². The number of hydrogen-bond acceptors (Lipinski definition) is 5. The Bertz CT molecular complexity index is 815. The number of anilines is 1. The molecule has 0 radical (unpaired) electrons. The summed E-state index contributed by atoms with van der Waals surface area (Å²) in [7, 11) is 0. The maximum Gasteiger partial charge on any atom is 0.317 e. The number of rotatable bonds is 4. The van der Waals surface area contributed by atoms with Crippen LogP contribution in [-0.4, -0.2) is 28.0 Å². The molecular formula is C18H18N4O. The number of fused-ring (bicyclic) bond motifs is 1. The third-order valence-corrected chi connectivity index (χ3v) is 4.04. The van der Waals surface area contributed by atoms with E-state index in [1.807, 2.05) is 36.4 Å². The van der Waals surface area contributed by atoms with Gasteiger partial charge in [0.15, 0.2) is 0 Å². The smallest absolute Gasteiger partial charge is 0.317 e. The lowest BCUT2D eigenvalue weighted by atomic mass is 10.2. The van der Waals surface area contributed by atoms with Crippen molar-refractivity contribution in [1.29, 1.82) is 0 Å². The zero-order valence-corrected chi connectivity index (χ0v) is 12.9. The fraction of sp³-hybridized carbons (Fsp3) is 0.278. The van der Waals surface area contributed by atoms with Gasteiger partial charge in [-0.15, -0.1) is 0 Å².